The van der Waals surface area contributed by atoms with Crippen molar-refractivity contribution >= 4 is 23.2 Å². The van der Waals surface area contributed by atoms with Gasteiger partial charge in [0.2, 0.25) is 5.91 Å². The van der Waals surface area contributed by atoms with Gasteiger partial charge in [0.15, 0.2) is 11.6 Å². The van der Waals surface area contributed by atoms with Crippen molar-refractivity contribution in [2.45, 2.75) is 44.6 Å². The highest BCUT2D eigenvalue weighted by Gasteiger charge is 2.51. The summed E-state index contributed by atoms with van der Waals surface area (Å²) in [7, 11) is 0. The Morgan fingerprint density at radius 1 is 0.949 bits per heavy atom. The van der Waals surface area contributed by atoms with E-state index in [1.807, 2.05) is 42.5 Å². The van der Waals surface area contributed by atoms with Crippen LogP contribution in [-0.2, 0) is 10.3 Å². The van der Waals surface area contributed by atoms with Gasteiger partial charge in [-0.3, -0.25) is 4.79 Å². The smallest absolute Gasteiger partial charge is 0.323 e. The lowest BCUT2D eigenvalue weighted by atomic mass is 9.83. The van der Waals surface area contributed by atoms with Gasteiger partial charge in [0.25, 0.3) is 0 Å². The molecule has 0 unspecified atom stereocenters. The first kappa shape index (κ1) is 26.6. The summed E-state index contributed by atoms with van der Waals surface area (Å²) in [5, 5.41) is 2.66. The summed E-state index contributed by atoms with van der Waals surface area (Å²) in [4.78, 5) is 29.3. The highest BCUT2D eigenvalue weighted by atomic mass is 19.2. The van der Waals surface area contributed by atoms with E-state index < -0.39 is 23.2 Å². The van der Waals surface area contributed by atoms with Crippen LogP contribution in [-0.4, -0.2) is 41.4 Å². The molecule has 0 bridgehead atoms. The quantitative estimate of drug-likeness (QED) is 0.402. The van der Waals surface area contributed by atoms with Crippen molar-refractivity contribution in [1.82, 2.24) is 9.80 Å². The van der Waals surface area contributed by atoms with Gasteiger partial charge in [-0.1, -0.05) is 85.1 Å². The number of halogens is 2. The van der Waals surface area contributed by atoms with E-state index in [1.165, 1.54) is 22.1 Å². The molecule has 3 aromatic rings. The Balaban J connectivity index is 0.000000384. The molecule has 202 valence electrons. The van der Waals surface area contributed by atoms with Crippen LogP contribution in [0.2, 0.25) is 0 Å². The van der Waals surface area contributed by atoms with Gasteiger partial charge in [0.1, 0.15) is 6.54 Å². The van der Waals surface area contributed by atoms with Gasteiger partial charge in [0.05, 0.1) is 11.2 Å². The Morgan fingerprint density at radius 2 is 1.62 bits per heavy atom. The number of anilines is 1. The lowest BCUT2D eigenvalue weighted by molar-refractivity contribution is -0.132. The summed E-state index contributed by atoms with van der Waals surface area (Å²) in [6.07, 6.45) is 5.39. The van der Waals surface area contributed by atoms with Crippen LogP contribution in [0, 0.1) is 18.6 Å². The van der Waals surface area contributed by atoms with E-state index >= 15 is 0 Å². The summed E-state index contributed by atoms with van der Waals surface area (Å²) in [6.45, 7) is 2.95. The molecule has 1 aliphatic carbocycles. The summed E-state index contributed by atoms with van der Waals surface area (Å²) in [5.74, 6) is -2.06. The van der Waals surface area contributed by atoms with E-state index in [0.717, 1.165) is 30.9 Å². The van der Waals surface area contributed by atoms with Crippen LogP contribution in [0.3, 0.4) is 0 Å². The molecule has 3 aromatic carbocycles. The third-order valence-corrected chi connectivity index (χ3v) is 7.93. The minimum atomic E-state index is -0.986. The van der Waals surface area contributed by atoms with Gasteiger partial charge in [-0.25, -0.2) is 13.6 Å². The molecule has 3 amide bonds. The van der Waals surface area contributed by atoms with E-state index in [0.29, 0.717) is 31.6 Å². The van der Waals surface area contributed by atoms with Crippen LogP contribution < -0.4 is 5.32 Å². The second kappa shape index (κ2) is 11.4. The summed E-state index contributed by atoms with van der Waals surface area (Å²) < 4.78 is 29.0. The Bertz CT molecular complexity index is 1370. The van der Waals surface area contributed by atoms with Gasteiger partial charge >= 0.3 is 6.03 Å². The zero-order valence-corrected chi connectivity index (χ0v) is 22.1. The monoisotopic (exact) mass is 529 g/mol. The molecule has 0 saturated heterocycles. The molecule has 5 nitrogen and oxygen atoms in total. The number of amides is 3. The van der Waals surface area contributed by atoms with Crippen molar-refractivity contribution in [2.24, 2.45) is 0 Å². The van der Waals surface area contributed by atoms with Crippen LogP contribution in [0.5, 0.6) is 0 Å². The third kappa shape index (κ3) is 5.44. The van der Waals surface area contributed by atoms with Crippen LogP contribution in [0.15, 0.2) is 78.9 Å². The molecule has 2 aliphatic heterocycles. The lowest BCUT2D eigenvalue weighted by Gasteiger charge is -2.46. The van der Waals surface area contributed by atoms with Gasteiger partial charge in [-0.15, -0.1) is 0 Å². The molecule has 1 spiro atoms. The minimum Gasteiger partial charge on any atom is -0.337 e. The maximum absolute atomic E-state index is 14.9. The Labute approximate surface area is 228 Å². The number of carbonyl (C=O) groups is 2. The number of nitrogens with one attached hydrogen (secondary N) is 1. The number of fused-ring (bicyclic) bond motifs is 2. The van der Waals surface area contributed by atoms with E-state index in [4.69, 9.17) is 0 Å². The molecule has 39 heavy (non-hydrogen) atoms. The largest absolute Gasteiger partial charge is 0.337 e. The zero-order chi connectivity index (χ0) is 27.4. The fourth-order valence-electron chi connectivity index (χ4n) is 5.90. The van der Waals surface area contributed by atoms with Crippen LogP contribution in [0.1, 0.15) is 48.8 Å². The van der Waals surface area contributed by atoms with E-state index in [-0.39, 0.29) is 18.0 Å². The SMILES string of the molecule is Cc1ccccc1.O=C(CN1C(=O)Nc2ccc(F)c(F)c2C12CCCC2)N1CC=C(c2ccccc2)CC1. The average Bonchev–Trinajstić information content (AvgIpc) is 3.44. The molecule has 2 heterocycles. The zero-order valence-electron chi connectivity index (χ0n) is 22.1. The summed E-state index contributed by atoms with van der Waals surface area (Å²) in [5.41, 5.74) is 3.15. The fraction of sp³-hybridized carbons (Fsp3) is 0.312. The number of hydrogen-bond acceptors (Lipinski definition) is 2. The van der Waals surface area contributed by atoms with E-state index in [1.54, 1.807) is 4.90 Å². The van der Waals surface area contributed by atoms with Crippen molar-refractivity contribution < 1.29 is 18.4 Å². The summed E-state index contributed by atoms with van der Waals surface area (Å²) in [6, 6.07) is 22.3. The molecule has 6 rings (SSSR count). The van der Waals surface area contributed by atoms with Crippen molar-refractivity contribution in [1.29, 1.82) is 0 Å². The predicted molar refractivity (Wildman–Crippen MR) is 149 cm³/mol. The standard InChI is InChI=1S/C25H25F2N3O2.C7H8/c26-19-8-9-20-22(23(19)27)25(12-4-5-13-25)30(24(32)28-20)16-21(31)29-14-10-18(11-15-29)17-6-2-1-3-7-17;1-7-5-3-2-4-6-7/h1-3,6-10H,4-5,11-16H2,(H,28,32);2-6H,1H3. The Hall–Kier alpha value is -4.00. The molecule has 0 aromatic heterocycles. The Morgan fingerprint density at radius 3 is 2.21 bits per heavy atom. The first-order chi connectivity index (χ1) is 18.9. The maximum Gasteiger partial charge on any atom is 0.323 e. The number of hydrogen-bond donors (Lipinski definition) is 1. The number of carbonyl (C=O) groups excluding carboxylic acids is 2. The van der Waals surface area contributed by atoms with Crippen LogP contribution >= 0.6 is 0 Å². The van der Waals surface area contributed by atoms with Crippen LogP contribution in [0.4, 0.5) is 19.3 Å². The molecule has 1 N–H and O–H groups in total. The molecule has 0 atom stereocenters. The molecule has 1 fully saturated rings. The first-order valence-electron chi connectivity index (χ1n) is 13.5. The van der Waals surface area contributed by atoms with Crippen LogP contribution in [0.25, 0.3) is 5.57 Å². The molecule has 7 heteroatoms. The number of rotatable bonds is 3. The highest BCUT2D eigenvalue weighted by Crippen LogP contribution is 2.50. The highest BCUT2D eigenvalue weighted by molar-refractivity contribution is 5.96. The van der Waals surface area contributed by atoms with Crippen molar-refractivity contribution in [3.05, 3.63) is 107 Å². The molecular formula is C32H33F2N3O2. The maximum atomic E-state index is 14.9. The molecular weight excluding hydrogens is 496 g/mol. The van der Waals surface area contributed by atoms with Crippen molar-refractivity contribution in [3.63, 3.8) is 0 Å². The minimum absolute atomic E-state index is 0.157. The van der Waals surface area contributed by atoms with Crippen molar-refractivity contribution in [2.75, 3.05) is 25.0 Å². The Kier molecular flexibility index (Phi) is 7.77. The van der Waals surface area contributed by atoms with Gasteiger partial charge in [-0.2, -0.15) is 0 Å². The molecule has 0 radical (unpaired) electrons. The topological polar surface area (TPSA) is 52.7 Å². The van der Waals surface area contributed by atoms with Crippen molar-refractivity contribution in [3.8, 4) is 0 Å². The fourth-order valence-corrected chi connectivity index (χ4v) is 5.90. The van der Waals surface area contributed by atoms with E-state index in [2.05, 4.69) is 36.5 Å². The number of nitrogens with zero attached hydrogens (tertiary/aromatic N) is 2. The summed E-state index contributed by atoms with van der Waals surface area (Å²) >= 11 is 0. The average molecular weight is 530 g/mol. The number of benzene rings is 3. The second-order valence-electron chi connectivity index (χ2n) is 10.4. The number of aryl methyl sites for hydroxylation is 1. The third-order valence-electron chi connectivity index (χ3n) is 7.93. The van der Waals surface area contributed by atoms with Gasteiger partial charge in [0, 0.05) is 18.7 Å². The lowest BCUT2D eigenvalue weighted by Crippen LogP contribution is -2.57. The van der Waals surface area contributed by atoms with E-state index in [9.17, 15) is 18.4 Å². The van der Waals surface area contributed by atoms with Gasteiger partial charge < -0.3 is 15.1 Å². The predicted octanol–water partition coefficient (Wildman–Crippen LogP) is 6.89. The molecule has 1 saturated carbocycles. The number of urea groups is 1. The normalized spacial score (nSPS) is 17.6. The van der Waals surface area contributed by atoms with Gasteiger partial charge in [-0.05, 0) is 49.5 Å². The second-order valence-corrected chi connectivity index (χ2v) is 10.4. The first-order valence-corrected chi connectivity index (χ1v) is 13.5. The molecule has 3 aliphatic rings.